The zero-order valence-electron chi connectivity index (χ0n) is 11.7. The third-order valence-electron chi connectivity index (χ3n) is 4.22. The molecule has 20 heavy (non-hydrogen) atoms. The van der Waals surface area contributed by atoms with Gasteiger partial charge in [-0.05, 0) is 32.2 Å². The van der Waals surface area contributed by atoms with Gasteiger partial charge in [0.1, 0.15) is 0 Å². The molecular formula is C14H19N5O. The molecular weight excluding hydrogens is 254 g/mol. The summed E-state index contributed by atoms with van der Waals surface area (Å²) in [5, 5.41) is 12.6. The van der Waals surface area contributed by atoms with Crippen LogP contribution in [0, 0.1) is 0 Å². The van der Waals surface area contributed by atoms with Crippen LogP contribution in [0.3, 0.4) is 0 Å². The van der Waals surface area contributed by atoms with E-state index in [1.54, 1.807) is 0 Å². The van der Waals surface area contributed by atoms with Gasteiger partial charge in [0.15, 0.2) is 0 Å². The number of rotatable bonds is 4. The molecule has 1 aliphatic carbocycles. The van der Waals surface area contributed by atoms with Crippen molar-refractivity contribution in [1.82, 2.24) is 24.9 Å². The van der Waals surface area contributed by atoms with Gasteiger partial charge in [-0.1, -0.05) is 0 Å². The first-order valence-corrected chi connectivity index (χ1v) is 7.34. The molecule has 4 rings (SSSR count). The Morgan fingerprint density at radius 2 is 2.20 bits per heavy atom. The number of likely N-dealkylation sites (tertiary alicyclic amines) is 1. The molecule has 1 saturated heterocycles. The molecule has 0 aromatic carbocycles. The number of hydrogen-bond donors (Lipinski definition) is 0. The lowest BCUT2D eigenvalue weighted by Gasteiger charge is -2.21. The topological polar surface area (TPSA) is 60.0 Å². The molecule has 1 saturated carbocycles. The van der Waals surface area contributed by atoms with E-state index in [-0.39, 0.29) is 0 Å². The van der Waals surface area contributed by atoms with E-state index in [0.29, 0.717) is 12.0 Å². The molecule has 106 valence electrons. The molecule has 6 nitrogen and oxygen atoms in total. The second-order valence-corrected chi connectivity index (χ2v) is 5.88. The number of hydrogen-bond acceptors (Lipinski definition) is 5. The Hall–Kier alpha value is -1.69. The minimum absolute atomic E-state index is 0.431. The normalized spacial score (nSPS) is 23.6. The van der Waals surface area contributed by atoms with Crippen molar-refractivity contribution < 1.29 is 4.42 Å². The smallest absolute Gasteiger partial charge is 0.230 e. The Morgan fingerprint density at radius 1 is 1.30 bits per heavy atom. The van der Waals surface area contributed by atoms with Crippen LogP contribution in [0.15, 0.2) is 16.8 Å². The van der Waals surface area contributed by atoms with Crippen LogP contribution in [0.1, 0.15) is 55.0 Å². The lowest BCUT2D eigenvalue weighted by atomic mass is 10.1. The summed E-state index contributed by atoms with van der Waals surface area (Å²) in [7, 11) is 1.96. The van der Waals surface area contributed by atoms with E-state index >= 15 is 0 Å². The fraction of sp³-hybridized carbons (Fsp3) is 0.643. The van der Waals surface area contributed by atoms with E-state index in [0.717, 1.165) is 24.9 Å². The van der Waals surface area contributed by atoms with Crippen LogP contribution in [0.5, 0.6) is 0 Å². The predicted octanol–water partition coefficient (Wildman–Crippen LogP) is 2.02. The van der Waals surface area contributed by atoms with Gasteiger partial charge in [-0.15, -0.1) is 10.2 Å². The highest BCUT2D eigenvalue weighted by atomic mass is 16.4. The minimum atomic E-state index is 0.431. The monoisotopic (exact) mass is 273 g/mol. The summed E-state index contributed by atoms with van der Waals surface area (Å²) in [6, 6.07) is 0.431. The molecule has 2 aromatic rings. The molecule has 0 N–H and O–H groups in total. The quantitative estimate of drug-likeness (QED) is 0.853. The van der Waals surface area contributed by atoms with Gasteiger partial charge in [-0.3, -0.25) is 9.58 Å². The van der Waals surface area contributed by atoms with Crippen molar-refractivity contribution in [2.75, 3.05) is 6.54 Å². The Balaban J connectivity index is 1.48. The van der Waals surface area contributed by atoms with E-state index < -0.39 is 0 Å². The van der Waals surface area contributed by atoms with Gasteiger partial charge in [-0.25, -0.2) is 0 Å². The molecule has 3 heterocycles. The van der Waals surface area contributed by atoms with Crippen molar-refractivity contribution in [3.8, 4) is 0 Å². The maximum absolute atomic E-state index is 5.77. The lowest BCUT2D eigenvalue weighted by molar-refractivity contribution is 0.221. The van der Waals surface area contributed by atoms with Crippen molar-refractivity contribution >= 4 is 0 Å². The maximum Gasteiger partial charge on any atom is 0.230 e. The van der Waals surface area contributed by atoms with Gasteiger partial charge in [0, 0.05) is 30.8 Å². The molecule has 1 atom stereocenters. The van der Waals surface area contributed by atoms with Gasteiger partial charge in [0.2, 0.25) is 11.8 Å². The Labute approximate surface area is 117 Å². The van der Waals surface area contributed by atoms with E-state index in [2.05, 4.69) is 26.4 Å². The van der Waals surface area contributed by atoms with Crippen molar-refractivity contribution in [3.63, 3.8) is 0 Å². The van der Waals surface area contributed by atoms with Crippen LogP contribution < -0.4 is 0 Å². The van der Waals surface area contributed by atoms with Crippen LogP contribution >= 0.6 is 0 Å². The summed E-state index contributed by atoms with van der Waals surface area (Å²) in [5.74, 6) is 2.11. The SMILES string of the molecule is Cn1cc([C@H]2CCCN2Cc2nnc(C3CC3)o2)cn1. The predicted molar refractivity (Wildman–Crippen MR) is 71.9 cm³/mol. The van der Waals surface area contributed by atoms with Gasteiger partial charge < -0.3 is 4.42 Å². The summed E-state index contributed by atoms with van der Waals surface area (Å²) in [6.07, 6.45) is 8.85. The van der Waals surface area contributed by atoms with Crippen molar-refractivity contribution in [2.45, 2.75) is 44.2 Å². The first-order chi connectivity index (χ1) is 9.79. The minimum Gasteiger partial charge on any atom is -0.424 e. The zero-order valence-corrected chi connectivity index (χ0v) is 11.7. The van der Waals surface area contributed by atoms with Crippen molar-refractivity contribution in [2.24, 2.45) is 7.05 Å². The lowest BCUT2D eigenvalue weighted by Crippen LogP contribution is -2.22. The molecule has 0 bridgehead atoms. The number of aromatic nitrogens is 4. The summed E-state index contributed by atoms with van der Waals surface area (Å²) in [6.45, 7) is 1.83. The van der Waals surface area contributed by atoms with Crippen molar-refractivity contribution in [3.05, 3.63) is 29.7 Å². The number of nitrogens with zero attached hydrogens (tertiary/aromatic N) is 5. The average molecular weight is 273 g/mol. The van der Waals surface area contributed by atoms with Crippen molar-refractivity contribution in [1.29, 1.82) is 0 Å². The Bertz CT molecular complexity index is 600. The van der Waals surface area contributed by atoms with Gasteiger partial charge >= 0.3 is 0 Å². The van der Waals surface area contributed by atoms with Gasteiger partial charge in [0.05, 0.1) is 12.7 Å². The second-order valence-electron chi connectivity index (χ2n) is 5.88. The summed E-state index contributed by atoms with van der Waals surface area (Å²) < 4.78 is 7.64. The maximum atomic E-state index is 5.77. The first-order valence-electron chi connectivity index (χ1n) is 7.34. The van der Waals surface area contributed by atoms with Crippen LogP contribution in [-0.4, -0.2) is 31.4 Å². The third kappa shape index (κ3) is 2.24. The highest BCUT2D eigenvalue weighted by molar-refractivity contribution is 5.12. The third-order valence-corrected chi connectivity index (χ3v) is 4.22. The molecule has 0 radical (unpaired) electrons. The molecule has 0 amide bonds. The average Bonchev–Trinajstić information content (AvgIpc) is 2.86. The molecule has 6 heteroatoms. The number of aryl methyl sites for hydroxylation is 1. The zero-order chi connectivity index (χ0) is 13.5. The van der Waals surface area contributed by atoms with Gasteiger partial charge in [0.25, 0.3) is 0 Å². The summed E-state index contributed by atoms with van der Waals surface area (Å²) in [4.78, 5) is 2.42. The molecule has 0 spiro atoms. The summed E-state index contributed by atoms with van der Waals surface area (Å²) >= 11 is 0. The largest absolute Gasteiger partial charge is 0.424 e. The highest BCUT2D eigenvalue weighted by Crippen LogP contribution is 2.39. The fourth-order valence-corrected chi connectivity index (χ4v) is 3.00. The fourth-order valence-electron chi connectivity index (χ4n) is 3.00. The molecule has 1 aliphatic heterocycles. The second kappa shape index (κ2) is 4.70. The first kappa shape index (κ1) is 12.1. The Kier molecular flexibility index (Phi) is 2.84. The van der Waals surface area contributed by atoms with E-state index in [1.807, 2.05) is 17.9 Å². The molecule has 2 aromatic heterocycles. The summed E-state index contributed by atoms with van der Waals surface area (Å²) in [5.41, 5.74) is 1.28. The highest BCUT2D eigenvalue weighted by Gasteiger charge is 2.31. The van der Waals surface area contributed by atoms with Crippen LogP contribution in [-0.2, 0) is 13.6 Å². The van der Waals surface area contributed by atoms with E-state index in [9.17, 15) is 0 Å². The van der Waals surface area contributed by atoms with E-state index in [1.165, 1.54) is 31.2 Å². The van der Waals surface area contributed by atoms with Crippen LogP contribution in [0.4, 0.5) is 0 Å². The van der Waals surface area contributed by atoms with Gasteiger partial charge in [-0.2, -0.15) is 5.10 Å². The van der Waals surface area contributed by atoms with Crippen LogP contribution in [0.25, 0.3) is 0 Å². The Morgan fingerprint density at radius 3 is 2.95 bits per heavy atom. The molecule has 2 aliphatic rings. The molecule has 0 unspecified atom stereocenters. The van der Waals surface area contributed by atoms with Crippen LogP contribution in [0.2, 0.25) is 0 Å². The van der Waals surface area contributed by atoms with E-state index in [4.69, 9.17) is 4.42 Å². The standard InChI is InChI=1S/C14H19N5O/c1-18-8-11(7-15-18)12-3-2-6-19(12)9-13-16-17-14(20-13)10-4-5-10/h7-8,10,12H,2-6,9H2,1H3/t12-/m1/s1. The molecule has 2 fully saturated rings.